The van der Waals surface area contributed by atoms with Crippen LogP contribution in [0.25, 0.3) is 11.0 Å². The number of H-pyrrole nitrogens is 1. The molecule has 1 saturated heterocycles. The molecule has 0 aliphatic carbocycles. The Hall–Kier alpha value is -1.65. The molecule has 20 heavy (non-hydrogen) atoms. The molecule has 1 N–H and O–H groups in total. The van der Waals surface area contributed by atoms with Gasteiger partial charge in [-0.05, 0) is 37.2 Å². The van der Waals surface area contributed by atoms with E-state index in [4.69, 9.17) is 17.5 Å². The highest BCUT2D eigenvalue weighted by atomic mass is 32.2. The molecule has 0 saturated carbocycles. The average molecular weight is 307 g/mol. The van der Waals surface area contributed by atoms with Crippen LogP contribution in [0, 0.1) is 16.1 Å². The third kappa shape index (κ3) is 2.15. The number of imidazole rings is 1. The highest BCUT2D eigenvalue weighted by Gasteiger charge is 2.27. The minimum Gasteiger partial charge on any atom is -0.329 e. The van der Waals surface area contributed by atoms with Crippen molar-refractivity contribution < 1.29 is 8.42 Å². The van der Waals surface area contributed by atoms with Crippen LogP contribution in [0.1, 0.15) is 24.4 Å². The first-order valence-corrected chi connectivity index (χ1v) is 8.58. The number of hydrogen-bond donors (Lipinski definition) is 1. The molecule has 1 aliphatic heterocycles. The molecule has 1 fully saturated rings. The monoisotopic (exact) mass is 307 g/mol. The van der Waals surface area contributed by atoms with Crippen LogP contribution in [0.15, 0.2) is 18.2 Å². The summed E-state index contributed by atoms with van der Waals surface area (Å²) in [5.41, 5.74) is 2.00. The number of nitriles is 1. The summed E-state index contributed by atoms with van der Waals surface area (Å²) in [7, 11) is -3.01. The van der Waals surface area contributed by atoms with E-state index in [9.17, 15) is 8.42 Å². The molecule has 3 rings (SSSR count). The number of benzene rings is 1. The van der Waals surface area contributed by atoms with Crippen LogP contribution in [-0.4, -0.2) is 29.5 Å². The van der Waals surface area contributed by atoms with Crippen molar-refractivity contribution in [3.05, 3.63) is 28.5 Å². The molecule has 7 heteroatoms. The summed E-state index contributed by atoms with van der Waals surface area (Å²) < 4.78 is 26.0. The number of aromatic amines is 1. The molecular formula is C13H13N3O2S2. The maximum Gasteiger partial charge on any atom is 0.178 e. The Labute approximate surface area is 121 Å². The summed E-state index contributed by atoms with van der Waals surface area (Å²) in [4.78, 5) is 3.03. The predicted molar refractivity (Wildman–Crippen MR) is 78.8 cm³/mol. The van der Waals surface area contributed by atoms with E-state index in [2.05, 4.69) is 11.1 Å². The van der Waals surface area contributed by atoms with Gasteiger partial charge in [-0.15, -0.1) is 0 Å². The summed E-state index contributed by atoms with van der Waals surface area (Å²) in [5.74, 6) is 0.369. The minimum absolute atomic E-state index is 0.116. The van der Waals surface area contributed by atoms with Gasteiger partial charge in [0.25, 0.3) is 0 Å². The number of aromatic nitrogens is 2. The SMILES string of the molecule is N#Cc1cccc2c1[nH]c(=S)n2C1CCCS(=O)(=O)C1. The van der Waals surface area contributed by atoms with Gasteiger partial charge in [0.15, 0.2) is 14.6 Å². The van der Waals surface area contributed by atoms with Gasteiger partial charge in [0, 0.05) is 0 Å². The second kappa shape index (κ2) is 4.72. The second-order valence-electron chi connectivity index (χ2n) is 5.02. The zero-order valence-electron chi connectivity index (χ0n) is 10.7. The number of nitrogens with zero attached hydrogens (tertiary/aromatic N) is 2. The fourth-order valence-corrected chi connectivity index (χ4v) is 4.83. The quantitative estimate of drug-likeness (QED) is 0.820. The first-order valence-electron chi connectivity index (χ1n) is 6.35. The van der Waals surface area contributed by atoms with Gasteiger partial charge in [0.1, 0.15) is 6.07 Å². The van der Waals surface area contributed by atoms with Crippen molar-refractivity contribution >= 4 is 33.1 Å². The molecule has 2 aromatic rings. The van der Waals surface area contributed by atoms with E-state index in [0.29, 0.717) is 22.3 Å². The Balaban J connectivity index is 2.20. The van der Waals surface area contributed by atoms with Crippen LogP contribution in [0.3, 0.4) is 0 Å². The third-order valence-corrected chi connectivity index (χ3v) is 5.78. The summed E-state index contributed by atoms with van der Waals surface area (Å²) >= 11 is 5.32. The van der Waals surface area contributed by atoms with E-state index >= 15 is 0 Å². The zero-order valence-corrected chi connectivity index (χ0v) is 12.3. The van der Waals surface area contributed by atoms with Gasteiger partial charge in [-0.1, -0.05) is 6.07 Å². The van der Waals surface area contributed by atoms with Gasteiger partial charge in [-0.3, -0.25) is 0 Å². The summed E-state index contributed by atoms with van der Waals surface area (Å²) in [6.07, 6.45) is 1.44. The highest BCUT2D eigenvalue weighted by Crippen LogP contribution is 2.28. The van der Waals surface area contributed by atoms with E-state index in [-0.39, 0.29) is 17.5 Å². The first kappa shape index (κ1) is 13.3. The molecule has 1 unspecified atom stereocenters. The lowest BCUT2D eigenvalue weighted by molar-refractivity contribution is 0.475. The molecule has 1 aromatic heterocycles. The van der Waals surface area contributed by atoms with Crippen molar-refractivity contribution in [1.29, 1.82) is 5.26 Å². The number of nitrogens with one attached hydrogen (secondary N) is 1. The van der Waals surface area contributed by atoms with E-state index < -0.39 is 9.84 Å². The molecule has 2 heterocycles. The van der Waals surface area contributed by atoms with Crippen molar-refractivity contribution in [1.82, 2.24) is 9.55 Å². The van der Waals surface area contributed by atoms with E-state index in [0.717, 1.165) is 11.9 Å². The molecule has 1 atom stereocenters. The first-order chi connectivity index (χ1) is 9.52. The molecule has 1 aliphatic rings. The summed E-state index contributed by atoms with van der Waals surface area (Å²) in [6.45, 7) is 0. The van der Waals surface area contributed by atoms with Crippen LogP contribution in [-0.2, 0) is 9.84 Å². The van der Waals surface area contributed by atoms with Crippen molar-refractivity contribution in [2.45, 2.75) is 18.9 Å². The minimum atomic E-state index is -3.01. The second-order valence-corrected chi connectivity index (χ2v) is 7.64. The van der Waals surface area contributed by atoms with Crippen LogP contribution in [0.5, 0.6) is 0 Å². The Morgan fingerprint density at radius 3 is 2.95 bits per heavy atom. The standard InChI is InChI=1S/C13H13N3O2S2/c14-7-9-3-1-5-11-12(9)15-13(19)16(11)10-4-2-6-20(17,18)8-10/h1,3,5,10H,2,4,6,8H2,(H,15,19). The van der Waals surface area contributed by atoms with E-state index in [1.165, 1.54) is 0 Å². The largest absolute Gasteiger partial charge is 0.329 e. The van der Waals surface area contributed by atoms with Crippen molar-refractivity contribution in [3.63, 3.8) is 0 Å². The molecule has 0 amide bonds. The number of para-hydroxylation sites is 1. The molecular weight excluding hydrogens is 294 g/mol. The Morgan fingerprint density at radius 1 is 1.45 bits per heavy atom. The van der Waals surface area contributed by atoms with Gasteiger partial charge < -0.3 is 9.55 Å². The maximum atomic E-state index is 11.8. The lowest BCUT2D eigenvalue weighted by Gasteiger charge is -2.23. The number of sulfone groups is 1. The lowest BCUT2D eigenvalue weighted by Crippen LogP contribution is -2.27. The molecule has 0 bridgehead atoms. The molecule has 5 nitrogen and oxygen atoms in total. The average Bonchev–Trinajstić information content (AvgIpc) is 2.73. The Kier molecular flexibility index (Phi) is 3.15. The smallest absolute Gasteiger partial charge is 0.178 e. The van der Waals surface area contributed by atoms with Crippen molar-refractivity contribution in [2.24, 2.45) is 0 Å². The predicted octanol–water partition coefficient (Wildman–Crippen LogP) is 2.32. The molecule has 0 spiro atoms. The third-order valence-electron chi connectivity index (χ3n) is 3.68. The van der Waals surface area contributed by atoms with Crippen molar-refractivity contribution in [2.75, 3.05) is 11.5 Å². The number of rotatable bonds is 1. The van der Waals surface area contributed by atoms with E-state index in [1.807, 2.05) is 10.6 Å². The topological polar surface area (TPSA) is 78.7 Å². The van der Waals surface area contributed by atoms with Crippen LogP contribution in [0.2, 0.25) is 0 Å². The maximum absolute atomic E-state index is 11.8. The van der Waals surface area contributed by atoms with Crippen molar-refractivity contribution in [3.8, 4) is 6.07 Å². The molecule has 0 radical (unpaired) electrons. The van der Waals surface area contributed by atoms with Crippen LogP contribution < -0.4 is 0 Å². The lowest BCUT2D eigenvalue weighted by atomic mass is 10.1. The normalized spacial score (nSPS) is 21.6. The number of hydrogen-bond acceptors (Lipinski definition) is 4. The fraction of sp³-hybridized carbons (Fsp3) is 0.385. The zero-order chi connectivity index (χ0) is 14.3. The fourth-order valence-electron chi connectivity index (χ4n) is 2.81. The Bertz CT molecular complexity index is 871. The van der Waals surface area contributed by atoms with Crippen LogP contribution in [0.4, 0.5) is 0 Å². The highest BCUT2D eigenvalue weighted by molar-refractivity contribution is 7.91. The van der Waals surface area contributed by atoms with Gasteiger partial charge >= 0.3 is 0 Å². The Morgan fingerprint density at radius 2 is 2.25 bits per heavy atom. The van der Waals surface area contributed by atoms with E-state index in [1.54, 1.807) is 12.1 Å². The molecule has 104 valence electrons. The van der Waals surface area contributed by atoms with Crippen LogP contribution >= 0.6 is 12.2 Å². The molecule has 1 aromatic carbocycles. The van der Waals surface area contributed by atoms with Gasteiger partial charge in [0.2, 0.25) is 0 Å². The summed E-state index contributed by atoms with van der Waals surface area (Å²) in [5, 5.41) is 9.12. The summed E-state index contributed by atoms with van der Waals surface area (Å²) in [6, 6.07) is 7.34. The van der Waals surface area contributed by atoms with Gasteiger partial charge in [-0.25, -0.2) is 8.42 Å². The number of fused-ring (bicyclic) bond motifs is 1. The van der Waals surface area contributed by atoms with Gasteiger partial charge in [0.05, 0.1) is 34.1 Å². The van der Waals surface area contributed by atoms with Gasteiger partial charge in [-0.2, -0.15) is 5.26 Å².